The Labute approximate surface area is 197 Å². The van der Waals surface area contributed by atoms with E-state index in [-0.39, 0.29) is 5.91 Å². The topological polar surface area (TPSA) is 104 Å². The number of rotatable bonds is 9. The van der Waals surface area contributed by atoms with Gasteiger partial charge < -0.3 is 9.30 Å². The zero-order valence-electron chi connectivity index (χ0n) is 19.8. The van der Waals surface area contributed by atoms with Gasteiger partial charge in [-0.25, -0.2) is 9.67 Å². The molecule has 1 aromatic carbocycles. The summed E-state index contributed by atoms with van der Waals surface area (Å²) in [5.74, 6) is 0.743. The van der Waals surface area contributed by atoms with E-state index in [4.69, 9.17) is 4.74 Å². The van der Waals surface area contributed by atoms with Gasteiger partial charge in [-0.3, -0.25) is 19.9 Å². The molecule has 0 bridgehead atoms. The van der Waals surface area contributed by atoms with E-state index in [1.54, 1.807) is 41.2 Å². The van der Waals surface area contributed by atoms with Gasteiger partial charge in [0, 0.05) is 30.4 Å². The normalized spacial score (nSPS) is 11.1. The van der Waals surface area contributed by atoms with Gasteiger partial charge in [0.1, 0.15) is 6.29 Å². The number of nitrogens with one attached hydrogen (secondary N) is 1. The summed E-state index contributed by atoms with van der Waals surface area (Å²) in [4.78, 5) is 33.6. The first kappa shape index (κ1) is 23.2. The number of aldehydes is 1. The van der Waals surface area contributed by atoms with E-state index in [0.717, 1.165) is 30.2 Å². The first-order valence-corrected chi connectivity index (χ1v) is 11.4. The molecular formula is C25H28N6O3. The lowest BCUT2D eigenvalue weighted by molar-refractivity contribution is 0.102. The zero-order chi connectivity index (χ0) is 24.2. The second-order valence-electron chi connectivity index (χ2n) is 8.07. The molecule has 3 heterocycles. The zero-order valence-corrected chi connectivity index (χ0v) is 19.8. The summed E-state index contributed by atoms with van der Waals surface area (Å²) in [6, 6.07) is 8.72. The highest BCUT2D eigenvalue weighted by molar-refractivity contribution is 6.05. The third kappa shape index (κ3) is 4.54. The smallest absolute Gasteiger partial charge is 0.258 e. The Kier molecular flexibility index (Phi) is 6.72. The minimum atomic E-state index is -0.301. The molecule has 1 N–H and O–H groups in total. The lowest BCUT2D eigenvalue weighted by atomic mass is 10.1. The summed E-state index contributed by atoms with van der Waals surface area (Å²) in [5, 5.41) is 7.23. The summed E-state index contributed by atoms with van der Waals surface area (Å²) in [6.07, 6.45) is 4.46. The minimum absolute atomic E-state index is 0.301. The fourth-order valence-corrected chi connectivity index (χ4v) is 3.83. The van der Waals surface area contributed by atoms with Crippen molar-refractivity contribution < 1.29 is 14.3 Å². The molecule has 0 aliphatic rings. The van der Waals surface area contributed by atoms with Crippen LogP contribution in [0.3, 0.4) is 0 Å². The quantitative estimate of drug-likeness (QED) is 0.293. The van der Waals surface area contributed by atoms with Gasteiger partial charge in [0.25, 0.3) is 5.91 Å². The lowest BCUT2D eigenvalue weighted by Crippen LogP contribution is -2.16. The van der Waals surface area contributed by atoms with Crippen molar-refractivity contribution >= 4 is 29.2 Å². The molecule has 176 valence electrons. The first-order chi connectivity index (χ1) is 16.4. The Balaban J connectivity index is 1.66. The van der Waals surface area contributed by atoms with E-state index < -0.39 is 0 Å². The van der Waals surface area contributed by atoms with Crippen molar-refractivity contribution in [2.45, 2.75) is 40.2 Å². The Hall–Kier alpha value is -4.01. The third-order valence-corrected chi connectivity index (χ3v) is 5.56. The molecule has 0 unspecified atom stereocenters. The molecule has 34 heavy (non-hydrogen) atoms. The van der Waals surface area contributed by atoms with Crippen LogP contribution in [0, 0.1) is 6.92 Å². The summed E-state index contributed by atoms with van der Waals surface area (Å²) in [6.45, 7) is 7.08. The molecule has 0 aliphatic heterocycles. The number of ether oxygens (including phenoxy) is 1. The molecule has 0 saturated carbocycles. The number of aromatic nitrogens is 5. The molecule has 0 radical (unpaired) electrons. The number of unbranched alkanes of at least 4 members (excludes halogenated alkanes) is 1. The molecule has 9 heteroatoms. The summed E-state index contributed by atoms with van der Waals surface area (Å²) in [5.41, 5.74) is 4.56. The van der Waals surface area contributed by atoms with E-state index in [9.17, 15) is 9.59 Å². The monoisotopic (exact) mass is 460 g/mol. The van der Waals surface area contributed by atoms with Crippen LogP contribution in [0.4, 0.5) is 5.95 Å². The Morgan fingerprint density at radius 3 is 2.74 bits per heavy atom. The van der Waals surface area contributed by atoms with Crippen LogP contribution < -0.4 is 10.1 Å². The van der Waals surface area contributed by atoms with Crippen molar-refractivity contribution in [1.29, 1.82) is 0 Å². The van der Waals surface area contributed by atoms with Crippen LogP contribution in [0.5, 0.6) is 5.88 Å². The number of carbonyl (C=O) groups excluding carboxylic acids is 2. The Bertz CT molecular complexity index is 1350. The molecule has 0 saturated heterocycles. The SMILES string of the molecule is CCCCOc1c(-c2cc(C(=O)Nc3nc4ccc(C=O)cc4n3CC)cc(C)n2)cnn1C. The number of nitrogens with zero attached hydrogens (tertiary/aromatic N) is 5. The minimum Gasteiger partial charge on any atom is -0.477 e. The average Bonchev–Trinajstić information content (AvgIpc) is 3.37. The van der Waals surface area contributed by atoms with Crippen molar-refractivity contribution in [3.8, 4) is 17.1 Å². The van der Waals surface area contributed by atoms with Crippen molar-refractivity contribution in [2.75, 3.05) is 11.9 Å². The standard InChI is InChI=1S/C25H28N6O3/c1-5-7-10-34-24-19(14-26-30(24)4)21-13-18(11-16(3)27-21)23(33)29-25-28-20-9-8-17(15-32)12-22(20)31(25)6-2/h8-9,11-15H,5-7,10H2,1-4H3,(H,28,29,33). The van der Waals surface area contributed by atoms with E-state index >= 15 is 0 Å². The second-order valence-corrected chi connectivity index (χ2v) is 8.07. The van der Waals surface area contributed by atoms with Crippen LogP contribution in [0.25, 0.3) is 22.3 Å². The highest BCUT2D eigenvalue weighted by Gasteiger charge is 2.18. The summed E-state index contributed by atoms with van der Waals surface area (Å²) in [7, 11) is 1.82. The highest BCUT2D eigenvalue weighted by Crippen LogP contribution is 2.29. The predicted molar refractivity (Wildman–Crippen MR) is 130 cm³/mol. The average molecular weight is 461 g/mol. The van der Waals surface area contributed by atoms with Gasteiger partial charge in [-0.15, -0.1) is 0 Å². The van der Waals surface area contributed by atoms with Gasteiger partial charge in [0.05, 0.1) is 35.1 Å². The third-order valence-electron chi connectivity index (χ3n) is 5.56. The summed E-state index contributed by atoms with van der Waals surface area (Å²) >= 11 is 0. The van der Waals surface area contributed by atoms with Crippen molar-refractivity contribution in [1.82, 2.24) is 24.3 Å². The number of benzene rings is 1. The van der Waals surface area contributed by atoms with Crippen LogP contribution in [0.1, 0.15) is 53.1 Å². The molecule has 0 atom stereocenters. The predicted octanol–water partition coefficient (Wildman–Crippen LogP) is 4.40. The van der Waals surface area contributed by atoms with E-state index in [1.807, 2.05) is 25.5 Å². The van der Waals surface area contributed by atoms with Crippen LogP contribution in [-0.4, -0.2) is 43.1 Å². The first-order valence-electron chi connectivity index (χ1n) is 11.4. The lowest BCUT2D eigenvalue weighted by Gasteiger charge is -2.11. The maximum atomic E-state index is 13.2. The van der Waals surface area contributed by atoms with Crippen molar-refractivity contribution in [3.05, 3.63) is 53.3 Å². The number of hydrogen-bond donors (Lipinski definition) is 1. The maximum absolute atomic E-state index is 13.2. The van der Waals surface area contributed by atoms with Crippen LogP contribution in [0.15, 0.2) is 36.5 Å². The van der Waals surface area contributed by atoms with Gasteiger partial charge >= 0.3 is 0 Å². The molecule has 0 fully saturated rings. The number of amides is 1. The molecule has 4 aromatic rings. The molecule has 0 spiro atoms. The van der Waals surface area contributed by atoms with E-state index in [0.29, 0.717) is 53.0 Å². The van der Waals surface area contributed by atoms with Crippen LogP contribution >= 0.6 is 0 Å². The van der Waals surface area contributed by atoms with Gasteiger partial charge in [0.2, 0.25) is 11.8 Å². The molecule has 0 aliphatic carbocycles. The number of anilines is 1. The number of fused-ring (bicyclic) bond motifs is 1. The molecular weight excluding hydrogens is 432 g/mol. The molecule has 1 amide bonds. The maximum Gasteiger partial charge on any atom is 0.258 e. The van der Waals surface area contributed by atoms with Crippen molar-refractivity contribution in [3.63, 3.8) is 0 Å². The molecule has 3 aromatic heterocycles. The number of imidazole rings is 1. The highest BCUT2D eigenvalue weighted by atomic mass is 16.5. The summed E-state index contributed by atoms with van der Waals surface area (Å²) < 4.78 is 9.49. The van der Waals surface area contributed by atoms with Gasteiger partial charge in [-0.1, -0.05) is 13.3 Å². The Morgan fingerprint density at radius 2 is 2.00 bits per heavy atom. The van der Waals surface area contributed by atoms with Gasteiger partial charge in [-0.05, 0) is 50.6 Å². The van der Waals surface area contributed by atoms with Crippen LogP contribution in [-0.2, 0) is 13.6 Å². The van der Waals surface area contributed by atoms with E-state index in [2.05, 4.69) is 27.3 Å². The van der Waals surface area contributed by atoms with Crippen molar-refractivity contribution in [2.24, 2.45) is 7.05 Å². The molecule has 9 nitrogen and oxygen atoms in total. The van der Waals surface area contributed by atoms with Gasteiger partial charge in [-0.2, -0.15) is 5.10 Å². The number of pyridine rings is 1. The fourth-order valence-electron chi connectivity index (χ4n) is 3.83. The van der Waals surface area contributed by atoms with Crippen LogP contribution in [0.2, 0.25) is 0 Å². The second kappa shape index (κ2) is 9.86. The molecule has 4 rings (SSSR count). The van der Waals surface area contributed by atoms with Gasteiger partial charge in [0.15, 0.2) is 0 Å². The number of aryl methyl sites for hydroxylation is 3. The Morgan fingerprint density at radius 1 is 1.18 bits per heavy atom. The largest absolute Gasteiger partial charge is 0.477 e. The van der Waals surface area contributed by atoms with E-state index in [1.165, 1.54) is 0 Å². The number of carbonyl (C=O) groups is 2. The fraction of sp³-hybridized carbons (Fsp3) is 0.320. The number of hydrogen-bond acceptors (Lipinski definition) is 6.